The van der Waals surface area contributed by atoms with Gasteiger partial charge in [0.05, 0.1) is 7.11 Å². The molecule has 0 aliphatic carbocycles. The number of carbonyl (C=O) groups is 1. The highest BCUT2D eigenvalue weighted by molar-refractivity contribution is 5.68. The number of rotatable bonds is 12. The van der Waals surface area contributed by atoms with Crippen molar-refractivity contribution in [2.75, 3.05) is 7.11 Å². The predicted octanol–water partition coefficient (Wildman–Crippen LogP) is 5.11. The van der Waals surface area contributed by atoms with Crippen molar-refractivity contribution in [3.8, 4) is 0 Å². The maximum atomic E-state index is 10.9. The van der Waals surface area contributed by atoms with Crippen LogP contribution in [-0.2, 0) is 9.53 Å². The lowest BCUT2D eigenvalue weighted by atomic mass is 9.97. The maximum Gasteiger partial charge on any atom is 0.305 e. The standard InChI is InChI=1S/C16H32O2/c1-4-5-12-15(2)13-10-8-6-7-9-11-14-16(17)18-3/h15H,4-14H2,1-3H3. The third kappa shape index (κ3) is 11.9. The van der Waals surface area contributed by atoms with Crippen molar-refractivity contribution in [3.63, 3.8) is 0 Å². The Hall–Kier alpha value is -0.530. The highest BCUT2D eigenvalue weighted by Crippen LogP contribution is 2.17. The predicted molar refractivity (Wildman–Crippen MR) is 77.6 cm³/mol. The first-order valence-corrected chi connectivity index (χ1v) is 7.77. The molecule has 0 aliphatic rings. The Morgan fingerprint density at radius 3 is 2.11 bits per heavy atom. The lowest BCUT2D eigenvalue weighted by molar-refractivity contribution is -0.140. The van der Waals surface area contributed by atoms with E-state index in [1.807, 2.05) is 0 Å². The molecule has 0 spiro atoms. The largest absolute Gasteiger partial charge is 0.469 e. The zero-order chi connectivity index (χ0) is 13.6. The molecule has 0 saturated carbocycles. The molecule has 1 atom stereocenters. The van der Waals surface area contributed by atoms with Crippen molar-refractivity contribution in [2.24, 2.45) is 5.92 Å². The average Bonchev–Trinajstić information content (AvgIpc) is 2.38. The Labute approximate surface area is 113 Å². The Kier molecular flexibility index (Phi) is 12.5. The lowest BCUT2D eigenvalue weighted by Crippen LogP contribution is -1.99. The van der Waals surface area contributed by atoms with Gasteiger partial charge < -0.3 is 4.74 Å². The van der Waals surface area contributed by atoms with Crippen LogP contribution in [0.2, 0.25) is 0 Å². The van der Waals surface area contributed by atoms with Crippen LogP contribution in [0, 0.1) is 5.92 Å². The highest BCUT2D eigenvalue weighted by Gasteiger charge is 2.01. The number of ether oxygens (including phenoxy) is 1. The van der Waals surface area contributed by atoms with Crippen molar-refractivity contribution in [3.05, 3.63) is 0 Å². The van der Waals surface area contributed by atoms with Crippen LogP contribution in [0.4, 0.5) is 0 Å². The molecule has 1 unspecified atom stereocenters. The average molecular weight is 256 g/mol. The molecule has 0 aliphatic heterocycles. The van der Waals surface area contributed by atoms with E-state index in [4.69, 9.17) is 0 Å². The zero-order valence-electron chi connectivity index (χ0n) is 12.7. The third-order valence-corrected chi connectivity index (χ3v) is 3.61. The fourth-order valence-corrected chi connectivity index (χ4v) is 2.27. The summed E-state index contributed by atoms with van der Waals surface area (Å²) in [5, 5.41) is 0. The van der Waals surface area contributed by atoms with Crippen LogP contribution < -0.4 is 0 Å². The summed E-state index contributed by atoms with van der Waals surface area (Å²) >= 11 is 0. The molecular weight excluding hydrogens is 224 g/mol. The molecule has 0 N–H and O–H groups in total. The summed E-state index contributed by atoms with van der Waals surface area (Å²) < 4.78 is 4.61. The highest BCUT2D eigenvalue weighted by atomic mass is 16.5. The Balaban J connectivity index is 3.13. The van der Waals surface area contributed by atoms with Crippen molar-refractivity contribution in [1.82, 2.24) is 0 Å². The fraction of sp³-hybridized carbons (Fsp3) is 0.938. The minimum atomic E-state index is -0.0697. The normalized spacial score (nSPS) is 12.4. The second kappa shape index (κ2) is 12.9. The molecule has 0 aromatic carbocycles. The first-order chi connectivity index (χ1) is 8.70. The minimum Gasteiger partial charge on any atom is -0.469 e. The van der Waals surface area contributed by atoms with Crippen molar-refractivity contribution in [1.29, 1.82) is 0 Å². The van der Waals surface area contributed by atoms with E-state index in [2.05, 4.69) is 18.6 Å². The van der Waals surface area contributed by atoms with Crippen LogP contribution in [0.5, 0.6) is 0 Å². The van der Waals surface area contributed by atoms with Crippen molar-refractivity contribution in [2.45, 2.75) is 84.5 Å². The van der Waals surface area contributed by atoms with Gasteiger partial charge in [-0.3, -0.25) is 4.79 Å². The van der Waals surface area contributed by atoms with Crippen LogP contribution in [-0.4, -0.2) is 13.1 Å². The second-order valence-electron chi connectivity index (χ2n) is 5.48. The second-order valence-corrected chi connectivity index (χ2v) is 5.48. The fourth-order valence-electron chi connectivity index (χ4n) is 2.27. The SMILES string of the molecule is CCCCC(C)CCCCCCCCC(=O)OC. The molecule has 18 heavy (non-hydrogen) atoms. The molecule has 0 radical (unpaired) electrons. The quantitative estimate of drug-likeness (QED) is 0.358. The molecule has 0 aromatic heterocycles. The van der Waals surface area contributed by atoms with E-state index in [1.165, 1.54) is 64.9 Å². The van der Waals surface area contributed by atoms with Gasteiger partial charge in [-0.15, -0.1) is 0 Å². The number of unbranched alkanes of at least 4 members (excludes halogenated alkanes) is 6. The Bertz CT molecular complexity index is 190. The van der Waals surface area contributed by atoms with E-state index in [0.717, 1.165) is 12.3 Å². The van der Waals surface area contributed by atoms with Gasteiger partial charge in [-0.2, -0.15) is 0 Å². The monoisotopic (exact) mass is 256 g/mol. The van der Waals surface area contributed by atoms with Gasteiger partial charge in [-0.25, -0.2) is 0 Å². The molecule has 0 fully saturated rings. The summed E-state index contributed by atoms with van der Waals surface area (Å²) in [6.07, 6.45) is 13.6. The summed E-state index contributed by atoms with van der Waals surface area (Å²) in [5.74, 6) is 0.837. The van der Waals surface area contributed by atoms with Crippen molar-refractivity contribution < 1.29 is 9.53 Å². The van der Waals surface area contributed by atoms with E-state index in [9.17, 15) is 4.79 Å². The molecule has 2 heteroatoms. The van der Waals surface area contributed by atoms with Crippen LogP contribution in [0.25, 0.3) is 0 Å². The molecule has 2 nitrogen and oxygen atoms in total. The summed E-state index contributed by atoms with van der Waals surface area (Å²) in [7, 11) is 1.46. The first kappa shape index (κ1) is 17.5. The van der Waals surface area contributed by atoms with Crippen LogP contribution in [0.1, 0.15) is 84.5 Å². The van der Waals surface area contributed by atoms with E-state index < -0.39 is 0 Å². The zero-order valence-corrected chi connectivity index (χ0v) is 12.7. The topological polar surface area (TPSA) is 26.3 Å². The van der Waals surface area contributed by atoms with Gasteiger partial charge in [-0.05, 0) is 12.3 Å². The van der Waals surface area contributed by atoms with Crippen LogP contribution in [0.15, 0.2) is 0 Å². The van der Waals surface area contributed by atoms with Gasteiger partial charge in [0, 0.05) is 6.42 Å². The van der Waals surface area contributed by atoms with Crippen LogP contribution in [0.3, 0.4) is 0 Å². The van der Waals surface area contributed by atoms with E-state index in [-0.39, 0.29) is 5.97 Å². The maximum absolute atomic E-state index is 10.9. The Morgan fingerprint density at radius 1 is 0.944 bits per heavy atom. The molecule has 108 valence electrons. The minimum absolute atomic E-state index is 0.0697. The number of methoxy groups -OCH3 is 1. The molecule has 0 saturated heterocycles. The molecular formula is C16H32O2. The van der Waals surface area contributed by atoms with Gasteiger partial charge in [0.1, 0.15) is 0 Å². The molecule has 0 heterocycles. The molecule has 0 aromatic rings. The summed E-state index contributed by atoms with van der Waals surface area (Å²) in [6, 6.07) is 0. The molecule has 0 rings (SSSR count). The van der Waals surface area contributed by atoms with Gasteiger partial charge in [-0.1, -0.05) is 71.6 Å². The van der Waals surface area contributed by atoms with Gasteiger partial charge in [0.25, 0.3) is 0 Å². The summed E-state index contributed by atoms with van der Waals surface area (Å²) in [4.78, 5) is 10.9. The van der Waals surface area contributed by atoms with Crippen LogP contribution >= 0.6 is 0 Å². The van der Waals surface area contributed by atoms with Gasteiger partial charge in [0.2, 0.25) is 0 Å². The van der Waals surface area contributed by atoms with E-state index >= 15 is 0 Å². The van der Waals surface area contributed by atoms with E-state index in [0.29, 0.717) is 6.42 Å². The number of hydrogen-bond acceptors (Lipinski definition) is 2. The van der Waals surface area contributed by atoms with Crippen molar-refractivity contribution >= 4 is 5.97 Å². The lowest BCUT2D eigenvalue weighted by Gasteiger charge is -2.09. The first-order valence-electron chi connectivity index (χ1n) is 7.77. The smallest absolute Gasteiger partial charge is 0.305 e. The van der Waals surface area contributed by atoms with E-state index in [1.54, 1.807) is 0 Å². The number of esters is 1. The molecule has 0 amide bonds. The molecule has 0 bridgehead atoms. The summed E-state index contributed by atoms with van der Waals surface area (Å²) in [5.41, 5.74) is 0. The third-order valence-electron chi connectivity index (χ3n) is 3.61. The van der Waals surface area contributed by atoms with Gasteiger partial charge in [0.15, 0.2) is 0 Å². The number of hydrogen-bond donors (Lipinski definition) is 0. The Morgan fingerprint density at radius 2 is 1.50 bits per heavy atom. The van der Waals surface area contributed by atoms with Gasteiger partial charge >= 0.3 is 5.97 Å². The summed E-state index contributed by atoms with van der Waals surface area (Å²) in [6.45, 7) is 4.65. The number of carbonyl (C=O) groups excluding carboxylic acids is 1.